The molecule has 0 atom stereocenters. The highest BCUT2D eigenvalue weighted by Crippen LogP contribution is 2.27. The van der Waals surface area contributed by atoms with Crippen LogP contribution < -0.4 is 5.32 Å². The van der Waals surface area contributed by atoms with Gasteiger partial charge < -0.3 is 5.32 Å². The molecule has 2 heterocycles. The molecule has 0 saturated carbocycles. The summed E-state index contributed by atoms with van der Waals surface area (Å²) in [5, 5.41) is 7.83. The van der Waals surface area contributed by atoms with E-state index >= 15 is 0 Å². The number of hydrogen-bond acceptors (Lipinski definition) is 3. The quantitative estimate of drug-likeness (QED) is 0.524. The van der Waals surface area contributed by atoms with Gasteiger partial charge in [-0.1, -0.05) is 57.5 Å². The summed E-state index contributed by atoms with van der Waals surface area (Å²) < 4.78 is 1.84. The van der Waals surface area contributed by atoms with Gasteiger partial charge >= 0.3 is 0 Å². The van der Waals surface area contributed by atoms with Crippen LogP contribution in [0.3, 0.4) is 0 Å². The van der Waals surface area contributed by atoms with Crippen LogP contribution in [0.25, 0.3) is 22.5 Å². The maximum atomic E-state index is 4.85. The molecule has 3 aromatic rings. The van der Waals surface area contributed by atoms with E-state index in [0.717, 1.165) is 47.9 Å². The lowest BCUT2D eigenvalue weighted by molar-refractivity contribution is 0.556. The molecule has 2 aromatic heterocycles. The Morgan fingerprint density at radius 1 is 1.25 bits per heavy atom. The summed E-state index contributed by atoms with van der Waals surface area (Å²) in [5.41, 5.74) is 7.52. The second-order valence-electron chi connectivity index (χ2n) is 8.04. The van der Waals surface area contributed by atoms with Gasteiger partial charge in [0.1, 0.15) is 0 Å². The first-order chi connectivity index (χ1) is 13.5. The van der Waals surface area contributed by atoms with Crippen LogP contribution in [0.15, 0.2) is 43.2 Å². The molecule has 0 aliphatic carbocycles. The minimum atomic E-state index is 0.751. The predicted octanol–water partition coefficient (Wildman–Crippen LogP) is 5.65. The van der Waals surface area contributed by atoms with Gasteiger partial charge in [-0.25, -0.2) is 9.50 Å². The minimum absolute atomic E-state index is 0.751. The zero-order valence-electron chi connectivity index (χ0n) is 17.6. The van der Waals surface area contributed by atoms with Crippen LogP contribution in [0.5, 0.6) is 0 Å². The van der Waals surface area contributed by atoms with Gasteiger partial charge in [0.2, 0.25) is 0 Å². The zero-order chi connectivity index (χ0) is 20.1. The molecule has 0 spiro atoms. The second kappa shape index (κ2) is 9.05. The molecule has 0 fully saturated rings. The third kappa shape index (κ3) is 4.80. The molecule has 0 radical (unpaired) electrons. The Kier molecular flexibility index (Phi) is 6.50. The van der Waals surface area contributed by atoms with Gasteiger partial charge in [-0.15, -0.1) is 0 Å². The Labute approximate surface area is 168 Å². The summed E-state index contributed by atoms with van der Waals surface area (Å²) in [6, 6.07) is 8.78. The van der Waals surface area contributed by atoms with Crippen LogP contribution in [0.4, 0.5) is 0 Å². The number of fused-ring (bicyclic) bond motifs is 1. The highest BCUT2D eigenvalue weighted by atomic mass is 15.2. The smallest absolute Gasteiger partial charge is 0.163 e. The van der Waals surface area contributed by atoms with E-state index in [4.69, 9.17) is 4.98 Å². The SMILES string of the molecule is C=C(NCCC)c1ccn2ncc(-c3cc(C)cc(CCCC(C)C)c3)c2n1. The number of hydrogen-bond donors (Lipinski definition) is 1. The largest absolute Gasteiger partial charge is 0.384 e. The standard InChI is InChI=1S/C24H32N4/c1-6-11-25-19(5)23-10-12-28-24(27-23)22(16-26-28)21-14-18(4)13-20(15-21)9-7-8-17(2)3/h10,12-17,25H,5-9,11H2,1-4H3. The Balaban J connectivity index is 1.92. The number of benzene rings is 1. The molecular formula is C24H32N4. The fourth-order valence-corrected chi connectivity index (χ4v) is 3.48. The zero-order valence-corrected chi connectivity index (χ0v) is 17.6. The van der Waals surface area contributed by atoms with Gasteiger partial charge in [-0.05, 0) is 49.3 Å². The van der Waals surface area contributed by atoms with Crippen LogP contribution in [-0.4, -0.2) is 21.1 Å². The fraction of sp³-hybridized carbons (Fsp3) is 0.417. The molecule has 1 aromatic carbocycles. The van der Waals surface area contributed by atoms with Crippen LogP contribution in [-0.2, 0) is 6.42 Å². The average Bonchev–Trinajstić information content (AvgIpc) is 3.08. The third-order valence-corrected chi connectivity index (χ3v) is 4.96. The number of rotatable bonds is 9. The molecule has 0 bridgehead atoms. The second-order valence-corrected chi connectivity index (χ2v) is 8.04. The van der Waals surface area contributed by atoms with Crippen LogP contribution in [0.2, 0.25) is 0 Å². The summed E-state index contributed by atoms with van der Waals surface area (Å²) >= 11 is 0. The van der Waals surface area contributed by atoms with Crippen molar-refractivity contribution in [3.05, 3.63) is 60.1 Å². The summed E-state index contributed by atoms with van der Waals surface area (Å²) in [5.74, 6) is 0.751. The van der Waals surface area contributed by atoms with Gasteiger partial charge in [0.05, 0.1) is 17.6 Å². The molecule has 1 N–H and O–H groups in total. The van der Waals surface area contributed by atoms with Gasteiger partial charge in [0.15, 0.2) is 5.65 Å². The van der Waals surface area contributed by atoms with Crippen molar-refractivity contribution >= 4 is 11.3 Å². The predicted molar refractivity (Wildman–Crippen MR) is 118 cm³/mol. The number of aryl methyl sites for hydroxylation is 2. The van der Waals surface area contributed by atoms with Crippen molar-refractivity contribution in [2.75, 3.05) is 6.54 Å². The topological polar surface area (TPSA) is 42.2 Å². The lowest BCUT2D eigenvalue weighted by Crippen LogP contribution is -2.13. The lowest BCUT2D eigenvalue weighted by atomic mass is 9.97. The van der Waals surface area contributed by atoms with E-state index in [0.29, 0.717) is 0 Å². The highest BCUT2D eigenvalue weighted by molar-refractivity contribution is 5.78. The van der Waals surface area contributed by atoms with Crippen molar-refractivity contribution in [3.8, 4) is 11.1 Å². The molecule has 3 rings (SSSR count). The highest BCUT2D eigenvalue weighted by Gasteiger charge is 2.12. The Hall–Kier alpha value is -2.62. The molecule has 0 unspecified atom stereocenters. The van der Waals surface area contributed by atoms with Crippen LogP contribution >= 0.6 is 0 Å². The number of nitrogens with one attached hydrogen (secondary N) is 1. The van der Waals surface area contributed by atoms with Crippen molar-refractivity contribution in [2.24, 2.45) is 5.92 Å². The van der Waals surface area contributed by atoms with E-state index in [9.17, 15) is 0 Å². The van der Waals surface area contributed by atoms with Crippen molar-refractivity contribution in [1.82, 2.24) is 19.9 Å². The number of aromatic nitrogens is 3. The molecule has 4 nitrogen and oxygen atoms in total. The van der Waals surface area contributed by atoms with Gasteiger partial charge in [-0.2, -0.15) is 5.10 Å². The lowest BCUT2D eigenvalue weighted by Gasteiger charge is -2.10. The van der Waals surface area contributed by atoms with Crippen molar-refractivity contribution < 1.29 is 0 Å². The first-order valence-corrected chi connectivity index (χ1v) is 10.4. The maximum absolute atomic E-state index is 4.85. The Bertz CT molecular complexity index is 952. The van der Waals surface area contributed by atoms with Gasteiger partial charge in [0, 0.05) is 18.3 Å². The molecule has 0 saturated heterocycles. The van der Waals surface area contributed by atoms with Crippen LogP contribution in [0.1, 0.15) is 56.9 Å². The molecule has 0 aliphatic heterocycles. The first kappa shape index (κ1) is 20.1. The fourth-order valence-electron chi connectivity index (χ4n) is 3.48. The van der Waals surface area contributed by atoms with E-state index in [1.807, 2.05) is 23.0 Å². The molecule has 4 heteroatoms. The molecule has 0 amide bonds. The van der Waals surface area contributed by atoms with Crippen molar-refractivity contribution in [3.63, 3.8) is 0 Å². The van der Waals surface area contributed by atoms with E-state index in [1.165, 1.54) is 29.5 Å². The third-order valence-electron chi connectivity index (χ3n) is 4.96. The van der Waals surface area contributed by atoms with Crippen molar-refractivity contribution in [2.45, 2.75) is 53.4 Å². The molecule has 28 heavy (non-hydrogen) atoms. The van der Waals surface area contributed by atoms with Gasteiger partial charge in [0.25, 0.3) is 0 Å². The van der Waals surface area contributed by atoms with Crippen molar-refractivity contribution in [1.29, 1.82) is 0 Å². The minimum Gasteiger partial charge on any atom is -0.384 e. The molecule has 0 aliphatic rings. The summed E-state index contributed by atoms with van der Waals surface area (Å²) in [6.45, 7) is 13.9. The summed E-state index contributed by atoms with van der Waals surface area (Å²) in [6.07, 6.45) is 8.53. The summed E-state index contributed by atoms with van der Waals surface area (Å²) in [7, 11) is 0. The maximum Gasteiger partial charge on any atom is 0.163 e. The average molecular weight is 377 g/mol. The Morgan fingerprint density at radius 2 is 2.07 bits per heavy atom. The normalized spacial score (nSPS) is 11.3. The number of nitrogens with zero attached hydrogens (tertiary/aromatic N) is 3. The van der Waals surface area contributed by atoms with Crippen LogP contribution in [0, 0.1) is 12.8 Å². The Morgan fingerprint density at radius 3 is 2.82 bits per heavy atom. The monoisotopic (exact) mass is 376 g/mol. The van der Waals surface area contributed by atoms with E-state index < -0.39 is 0 Å². The molecule has 148 valence electrons. The van der Waals surface area contributed by atoms with E-state index in [1.54, 1.807) is 0 Å². The first-order valence-electron chi connectivity index (χ1n) is 10.4. The van der Waals surface area contributed by atoms with E-state index in [2.05, 4.69) is 62.9 Å². The summed E-state index contributed by atoms with van der Waals surface area (Å²) in [4.78, 5) is 4.85. The van der Waals surface area contributed by atoms with Gasteiger partial charge in [-0.3, -0.25) is 0 Å². The molecular weight excluding hydrogens is 344 g/mol. The van der Waals surface area contributed by atoms with E-state index in [-0.39, 0.29) is 0 Å².